The van der Waals surface area contributed by atoms with Gasteiger partial charge in [0.2, 0.25) is 11.8 Å². The highest BCUT2D eigenvalue weighted by Crippen LogP contribution is 2.19. The molecule has 0 bridgehead atoms. The fourth-order valence-corrected chi connectivity index (χ4v) is 1.64. The lowest BCUT2D eigenvalue weighted by Gasteiger charge is -2.24. The Balaban J connectivity index is 2.82. The van der Waals surface area contributed by atoms with Gasteiger partial charge in [0, 0.05) is 12.1 Å². The Morgan fingerprint density at radius 1 is 1.17 bits per heavy atom. The first-order valence-corrected chi connectivity index (χ1v) is 6.96. The highest BCUT2D eigenvalue weighted by atomic mass is 16.7. The first-order valence-electron chi connectivity index (χ1n) is 6.96. The van der Waals surface area contributed by atoms with Crippen LogP contribution in [0.2, 0.25) is 0 Å². The molecule has 134 valence electrons. The predicted molar refractivity (Wildman–Crippen MR) is 79.3 cm³/mol. The number of alkyl carbamates (subject to hydrolysis) is 1. The summed E-state index contributed by atoms with van der Waals surface area (Å²) in [5.41, 5.74) is -0.848. The minimum Gasteiger partial charge on any atom is -0.492 e. The van der Waals surface area contributed by atoms with Crippen LogP contribution in [-0.4, -0.2) is 49.7 Å². The number of aromatic nitrogens is 1. The molecule has 0 saturated heterocycles. The topological polar surface area (TPSA) is 147 Å². The Labute approximate surface area is 137 Å². The van der Waals surface area contributed by atoms with E-state index in [4.69, 9.17) is 9.57 Å². The van der Waals surface area contributed by atoms with E-state index in [2.05, 4.69) is 5.32 Å². The van der Waals surface area contributed by atoms with E-state index in [0.717, 1.165) is 12.1 Å². The maximum absolute atomic E-state index is 12.0. The van der Waals surface area contributed by atoms with Crippen molar-refractivity contribution in [1.29, 1.82) is 0 Å². The van der Waals surface area contributed by atoms with Crippen molar-refractivity contribution in [2.45, 2.75) is 39.3 Å². The molecule has 0 aliphatic heterocycles. The third-order valence-corrected chi connectivity index (χ3v) is 2.79. The molecule has 0 spiro atoms. The van der Waals surface area contributed by atoms with Gasteiger partial charge in [0.25, 0.3) is 0 Å². The average Bonchev–Trinajstić information content (AvgIpc) is 2.73. The molecule has 0 aliphatic rings. The molecule has 10 nitrogen and oxygen atoms in total. The van der Waals surface area contributed by atoms with Crippen molar-refractivity contribution in [3.8, 4) is 11.8 Å². The monoisotopic (exact) mass is 344 g/mol. The second-order valence-electron chi connectivity index (χ2n) is 6.01. The van der Waals surface area contributed by atoms with E-state index in [9.17, 15) is 29.7 Å². The van der Waals surface area contributed by atoms with Crippen molar-refractivity contribution < 1.29 is 39.3 Å². The molecule has 0 fully saturated rings. The maximum Gasteiger partial charge on any atom is 0.408 e. The number of carboxylic acids is 1. The normalized spacial score (nSPS) is 13.7. The van der Waals surface area contributed by atoms with Crippen LogP contribution in [0.4, 0.5) is 4.79 Å². The van der Waals surface area contributed by atoms with Crippen LogP contribution in [-0.2, 0) is 14.3 Å². The van der Waals surface area contributed by atoms with Gasteiger partial charge in [-0.3, -0.25) is 0 Å². The average molecular weight is 344 g/mol. The van der Waals surface area contributed by atoms with Crippen LogP contribution in [0.3, 0.4) is 0 Å². The number of carbonyl (C=O) groups excluding carboxylic acids is 2. The number of rotatable bonds is 5. The van der Waals surface area contributed by atoms with Gasteiger partial charge in [0.15, 0.2) is 0 Å². The molecule has 0 aromatic carbocycles. The number of nitrogens with one attached hydrogen (secondary N) is 1. The molecule has 1 aromatic heterocycles. The number of hydrogen-bond acceptors (Lipinski definition) is 7. The molecule has 1 unspecified atom stereocenters. The van der Waals surface area contributed by atoms with Crippen LogP contribution in [0.25, 0.3) is 0 Å². The number of aliphatic carboxylic acids is 1. The van der Waals surface area contributed by atoms with E-state index in [1.807, 2.05) is 0 Å². The van der Waals surface area contributed by atoms with E-state index < -0.39 is 47.4 Å². The zero-order valence-electron chi connectivity index (χ0n) is 13.6. The van der Waals surface area contributed by atoms with Gasteiger partial charge in [-0.05, 0) is 27.7 Å². The van der Waals surface area contributed by atoms with Crippen LogP contribution in [0, 0.1) is 5.92 Å². The number of ether oxygens (including phenoxy) is 1. The summed E-state index contributed by atoms with van der Waals surface area (Å²) in [7, 11) is 0. The molecule has 0 radical (unpaired) electrons. The summed E-state index contributed by atoms with van der Waals surface area (Å²) in [6, 6.07) is 0.508. The molecule has 1 aromatic rings. The van der Waals surface area contributed by atoms with Crippen LogP contribution in [0.15, 0.2) is 12.1 Å². The fraction of sp³-hybridized carbons (Fsp3) is 0.500. The number of carboxylic acid groups (broad SMARTS) is 1. The molecule has 0 saturated carbocycles. The number of hydrogen-bond donors (Lipinski definition) is 4. The summed E-state index contributed by atoms with van der Waals surface area (Å²) in [4.78, 5) is 39.7. The lowest BCUT2D eigenvalue weighted by molar-refractivity contribution is -0.155. The molecule has 10 heteroatoms. The van der Waals surface area contributed by atoms with E-state index in [1.54, 1.807) is 20.8 Å². The summed E-state index contributed by atoms with van der Waals surface area (Å²) in [6.07, 6.45) is -1.01. The van der Waals surface area contributed by atoms with E-state index in [0.29, 0.717) is 4.73 Å². The van der Waals surface area contributed by atoms with Gasteiger partial charge >= 0.3 is 18.0 Å². The predicted octanol–water partition coefficient (Wildman–Crippen LogP) is 0.468. The third kappa shape index (κ3) is 5.07. The lowest BCUT2D eigenvalue weighted by atomic mass is 10.0. The van der Waals surface area contributed by atoms with Crippen molar-refractivity contribution in [2.24, 2.45) is 5.92 Å². The Kier molecular flexibility index (Phi) is 5.67. The number of aromatic hydroxyl groups is 2. The van der Waals surface area contributed by atoms with E-state index >= 15 is 0 Å². The van der Waals surface area contributed by atoms with E-state index in [1.165, 1.54) is 6.92 Å². The summed E-state index contributed by atoms with van der Waals surface area (Å²) >= 11 is 0. The number of amides is 1. The standard InChI is InChI=1S/C14H20N2O8/c1-7(12(21)24-16-8(17)5-6-9(16)18)10(11(19)20)15-13(22)23-14(2,3)4/h5-7,10,17-18H,1-4H3,(H,15,22)(H,19,20)/t7?,10-/m1/s1. The van der Waals surface area contributed by atoms with E-state index in [-0.39, 0.29) is 0 Å². The Morgan fingerprint density at radius 2 is 1.67 bits per heavy atom. The molecule has 24 heavy (non-hydrogen) atoms. The van der Waals surface area contributed by atoms with Crippen molar-refractivity contribution in [1.82, 2.24) is 10.0 Å². The molecule has 1 heterocycles. The van der Waals surface area contributed by atoms with Gasteiger partial charge in [0.05, 0.1) is 5.92 Å². The first kappa shape index (κ1) is 19.1. The second kappa shape index (κ2) is 7.11. The number of nitrogens with zero attached hydrogens (tertiary/aromatic N) is 1. The second-order valence-corrected chi connectivity index (χ2v) is 6.01. The highest BCUT2D eigenvalue weighted by Gasteiger charge is 2.35. The third-order valence-electron chi connectivity index (χ3n) is 2.79. The minimum atomic E-state index is -1.63. The molecule has 2 atom stereocenters. The minimum absolute atomic E-state index is 0.422. The van der Waals surface area contributed by atoms with Crippen molar-refractivity contribution in [2.75, 3.05) is 0 Å². The van der Waals surface area contributed by atoms with Gasteiger partial charge < -0.3 is 30.2 Å². The molecular formula is C14H20N2O8. The van der Waals surface area contributed by atoms with Gasteiger partial charge in [0.1, 0.15) is 11.6 Å². The zero-order chi connectivity index (χ0) is 18.7. The fourth-order valence-electron chi connectivity index (χ4n) is 1.64. The smallest absolute Gasteiger partial charge is 0.408 e. The molecule has 1 amide bonds. The van der Waals surface area contributed by atoms with Crippen LogP contribution >= 0.6 is 0 Å². The van der Waals surface area contributed by atoms with Crippen molar-refractivity contribution in [3.05, 3.63) is 12.1 Å². The lowest BCUT2D eigenvalue weighted by Crippen LogP contribution is -2.50. The Morgan fingerprint density at radius 3 is 2.08 bits per heavy atom. The molecule has 0 aliphatic carbocycles. The van der Waals surface area contributed by atoms with Crippen LogP contribution in [0.5, 0.6) is 11.8 Å². The summed E-state index contributed by atoms with van der Waals surface area (Å²) < 4.78 is 5.36. The number of carbonyl (C=O) groups is 3. The van der Waals surface area contributed by atoms with Gasteiger partial charge in [-0.1, -0.05) is 0 Å². The zero-order valence-corrected chi connectivity index (χ0v) is 13.6. The highest BCUT2D eigenvalue weighted by molar-refractivity contribution is 5.86. The van der Waals surface area contributed by atoms with Crippen molar-refractivity contribution in [3.63, 3.8) is 0 Å². The first-order chi connectivity index (χ1) is 10.9. The van der Waals surface area contributed by atoms with Gasteiger partial charge in [-0.25, -0.2) is 14.4 Å². The maximum atomic E-state index is 12.0. The van der Waals surface area contributed by atoms with Crippen molar-refractivity contribution >= 4 is 18.0 Å². The Bertz CT molecular complexity index is 612. The Hall–Kier alpha value is -2.91. The quantitative estimate of drug-likeness (QED) is 0.602. The van der Waals surface area contributed by atoms with Gasteiger partial charge in [-0.2, -0.15) is 0 Å². The molecule has 4 N–H and O–H groups in total. The summed E-state index contributed by atoms with van der Waals surface area (Å²) in [5, 5.41) is 30.1. The SMILES string of the molecule is CC(C(=O)On1c(O)ccc1O)[C@@H](NC(=O)OC(C)(C)C)C(=O)O. The molecule has 1 rings (SSSR count). The summed E-state index contributed by atoms with van der Waals surface area (Å²) in [5.74, 6) is -5.03. The molecular weight excluding hydrogens is 324 g/mol. The van der Waals surface area contributed by atoms with Crippen LogP contribution in [0.1, 0.15) is 27.7 Å². The largest absolute Gasteiger partial charge is 0.492 e. The summed E-state index contributed by atoms with van der Waals surface area (Å²) in [6.45, 7) is 5.99. The van der Waals surface area contributed by atoms with Crippen LogP contribution < -0.4 is 10.2 Å². The van der Waals surface area contributed by atoms with Gasteiger partial charge in [-0.15, -0.1) is 4.73 Å².